The fourth-order valence-corrected chi connectivity index (χ4v) is 5.12. The summed E-state index contributed by atoms with van der Waals surface area (Å²) in [7, 11) is 4.74. The summed E-state index contributed by atoms with van der Waals surface area (Å²) in [5.74, 6) is 2.61. The highest BCUT2D eigenvalue weighted by Crippen LogP contribution is 2.56. The number of cyclic esters (lactones) is 1. The molecule has 3 aliphatic rings. The Hall–Kier alpha value is -3.09. The molecular weight excluding hydrogens is 388 g/mol. The normalized spacial score (nSPS) is 25.9. The number of ether oxygens (including phenoxy) is 6. The average Bonchev–Trinajstić information content (AvgIpc) is 3.38. The zero-order chi connectivity index (χ0) is 21.0. The van der Waals surface area contributed by atoms with Gasteiger partial charge in [0.05, 0.1) is 33.9 Å². The van der Waals surface area contributed by atoms with E-state index < -0.39 is 0 Å². The summed E-state index contributed by atoms with van der Waals surface area (Å²) in [6.07, 6.45) is 0. The Morgan fingerprint density at radius 2 is 1.50 bits per heavy atom. The molecule has 2 aromatic carbocycles. The largest absolute Gasteiger partial charge is 0.493 e. The lowest BCUT2D eigenvalue weighted by Crippen LogP contribution is -2.33. The summed E-state index contributed by atoms with van der Waals surface area (Å²) in [5, 5.41) is 0. The quantitative estimate of drug-likeness (QED) is 0.712. The summed E-state index contributed by atoms with van der Waals surface area (Å²) in [6, 6.07) is 7.88. The lowest BCUT2D eigenvalue weighted by Gasteiger charge is -2.37. The SMILES string of the molecule is COc1cc(C2c3cc4c(cc3[C@H](C)C3COC(=O)[C@H]23)OCO4)cc(OC)c1OC. The molecule has 7 nitrogen and oxygen atoms in total. The predicted molar refractivity (Wildman–Crippen MR) is 107 cm³/mol. The molecule has 0 saturated carbocycles. The standard InChI is InChI=1S/C23H24O7/c1-11-13-7-16-17(30-10-29-16)8-14(13)20(21-15(11)9-28-23(21)24)12-5-18(25-2)22(27-4)19(6-12)26-3/h5-8,11,15,20-21H,9-10H2,1-4H3/t11-,15?,20?,21-/m0/s1. The Morgan fingerprint density at radius 1 is 0.867 bits per heavy atom. The lowest BCUT2D eigenvalue weighted by molar-refractivity contribution is -0.141. The number of esters is 1. The van der Waals surface area contributed by atoms with Crippen molar-refractivity contribution < 1.29 is 33.2 Å². The van der Waals surface area contributed by atoms with Gasteiger partial charge in [-0.15, -0.1) is 0 Å². The molecule has 0 radical (unpaired) electrons. The number of carbonyl (C=O) groups excluding carboxylic acids is 1. The van der Waals surface area contributed by atoms with Crippen LogP contribution in [0, 0.1) is 11.8 Å². The molecule has 0 aromatic heterocycles. The van der Waals surface area contributed by atoms with Crippen LogP contribution in [0.25, 0.3) is 0 Å². The lowest BCUT2D eigenvalue weighted by atomic mass is 9.63. The highest BCUT2D eigenvalue weighted by Gasteiger charge is 2.51. The summed E-state index contributed by atoms with van der Waals surface area (Å²) in [5.41, 5.74) is 3.10. The molecule has 7 heteroatoms. The van der Waals surface area contributed by atoms with Crippen molar-refractivity contribution in [3.8, 4) is 28.7 Å². The zero-order valence-electron chi connectivity index (χ0n) is 17.4. The minimum atomic E-state index is -0.296. The molecular formula is C23H24O7. The van der Waals surface area contributed by atoms with Crippen molar-refractivity contribution in [1.82, 2.24) is 0 Å². The Bertz CT molecular complexity index is 990. The van der Waals surface area contributed by atoms with Crippen LogP contribution in [0.3, 0.4) is 0 Å². The van der Waals surface area contributed by atoms with Gasteiger partial charge in [0.25, 0.3) is 0 Å². The zero-order valence-corrected chi connectivity index (χ0v) is 17.4. The van der Waals surface area contributed by atoms with Gasteiger partial charge in [-0.3, -0.25) is 4.79 Å². The predicted octanol–water partition coefficient (Wildman–Crippen LogP) is 3.48. The highest BCUT2D eigenvalue weighted by molar-refractivity contribution is 5.79. The van der Waals surface area contributed by atoms with Crippen molar-refractivity contribution in [3.63, 3.8) is 0 Å². The van der Waals surface area contributed by atoms with Crippen molar-refractivity contribution in [2.45, 2.75) is 18.8 Å². The first-order valence-electron chi connectivity index (χ1n) is 9.97. The van der Waals surface area contributed by atoms with Crippen LogP contribution >= 0.6 is 0 Å². The van der Waals surface area contributed by atoms with Gasteiger partial charge in [-0.25, -0.2) is 0 Å². The first-order chi connectivity index (χ1) is 14.6. The number of methoxy groups -OCH3 is 3. The second-order valence-electron chi connectivity index (χ2n) is 7.88. The van der Waals surface area contributed by atoms with Gasteiger partial charge in [-0.2, -0.15) is 0 Å². The molecule has 0 amide bonds. The summed E-state index contributed by atoms with van der Waals surface area (Å²) >= 11 is 0. The van der Waals surface area contributed by atoms with Gasteiger partial charge in [0, 0.05) is 11.8 Å². The van der Waals surface area contributed by atoms with Gasteiger partial charge in [0.15, 0.2) is 23.0 Å². The molecule has 1 aliphatic carbocycles. The number of fused-ring (bicyclic) bond motifs is 3. The van der Waals surface area contributed by atoms with Crippen LogP contribution in [0.2, 0.25) is 0 Å². The summed E-state index contributed by atoms with van der Waals surface area (Å²) in [6.45, 7) is 2.77. The van der Waals surface area contributed by atoms with Crippen molar-refractivity contribution >= 4 is 5.97 Å². The third kappa shape index (κ3) is 2.61. The van der Waals surface area contributed by atoms with E-state index in [1.165, 1.54) is 0 Å². The smallest absolute Gasteiger partial charge is 0.310 e. The minimum absolute atomic E-state index is 0.0782. The van der Waals surface area contributed by atoms with Crippen LogP contribution in [-0.2, 0) is 9.53 Å². The molecule has 0 bridgehead atoms. The van der Waals surface area contributed by atoms with E-state index in [2.05, 4.69) is 6.92 Å². The van der Waals surface area contributed by atoms with Crippen molar-refractivity contribution in [2.75, 3.05) is 34.7 Å². The monoisotopic (exact) mass is 412 g/mol. The first-order valence-corrected chi connectivity index (χ1v) is 9.97. The third-order valence-corrected chi connectivity index (χ3v) is 6.60. The van der Waals surface area contributed by atoms with Gasteiger partial charge < -0.3 is 28.4 Å². The van der Waals surface area contributed by atoms with Gasteiger partial charge in [-0.05, 0) is 46.9 Å². The van der Waals surface area contributed by atoms with Crippen LogP contribution in [-0.4, -0.2) is 40.7 Å². The van der Waals surface area contributed by atoms with E-state index in [-0.39, 0.29) is 36.4 Å². The van der Waals surface area contributed by atoms with Crippen molar-refractivity contribution in [3.05, 3.63) is 41.0 Å². The Morgan fingerprint density at radius 3 is 2.10 bits per heavy atom. The maximum atomic E-state index is 12.8. The van der Waals surface area contributed by atoms with E-state index in [9.17, 15) is 4.79 Å². The second kappa shape index (κ2) is 7.00. The molecule has 30 heavy (non-hydrogen) atoms. The first kappa shape index (κ1) is 18.9. The van der Waals surface area contributed by atoms with Crippen LogP contribution in [0.5, 0.6) is 28.7 Å². The highest BCUT2D eigenvalue weighted by atomic mass is 16.7. The molecule has 1 saturated heterocycles. The van der Waals surface area contributed by atoms with Crippen molar-refractivity contribution in [2.24, 2.45) is 11.8 Å². The molecule has 2 heterocycles. The molecule has 5 rings (SSSR count). The van der Waals surface area contributed by atoms with Gasteiger partial charge >= 0.3 is 5.97 Å². The Labute approximate surface area is 174 Å². The topological polar surface area (TPSA) is 72.5 Å². The van der Waals surface area contributed by atoms with Crippen LogP contribution in [0.15, 0.2) is 24.3 Å². The number of hydrogen-bond acceptors (Lipinski definition) is 7. The summed E-state index contributed by atoms with van der Waals surface area (Å²) in [4.78, 5) is 12.8. The van der Waals surface area contributed by atoms with Crippen LogP contribution in [0.1, 0.15) is 35.4 Å². The van der Waals surface area contributed by atoms with Gasteiger partial charge in [0.1, 0.15) is 0 Å². The molecule has 0 N–H and O–H groups in total. The van der Waals surface area contributed by atoms with E-state index in [1.807, 2.05) is 24.3 Å². The Kier molecular flexibility index (Phi) is 4.41. The van der Waals surface area contributed by atoms with E-state index in [4.69, 9.17) is 28.4 Å². The van der Waals surface area contributed by atoms with Crippen molar-refractivity contribution in [1.29, 1.82) is 0 Å². The van der Waals surface area contributed by atoms with E-state index in [0.29, 0.717) is 29.6 Å². The molecule has 0 spiro atoms. The fourth-order valence-electron chi connectivity index (χ4n) is 5.12. The fraction of sp³-hybridized carbons (Fsp3) is 0.435. The average molecular weight is 412 g/mol. The third-order valence-electron chi connectivity index (χ3n) is 6.60. The number of rotatable bonds is 4. The maximum absolute atomic E-state index is 12.8. The molecule has 2 aliphatic heterocycles. The second-order valence-corrected chi connectivity index (χ2v) is 7.88. The van der Waals surface area contributed by atoms with E-state index >= 15 is 0 Å². The van der Waals surface area contributed by atoms with Crippen LogP contribution < -0.4 is 23.7 Å². The molecule has 158 valence electrons. The number of hydrogen-bond donors (Lipinski definition) is 0. The Balaban J connectivity index is 1.74. The van der Waals surface area contributed by atoms with Gasteiger partial charge in [-0.1, -0.05) is 6.92 Å². The molecule has 2 aromatic rings. The molecule has 2 unspecified atom stereocenters. The van der Waals surface area contributed by atoms with Crippen LogP contribution in [0.4, 0.5) is 0 Å². The van der Waals surface area contributed by atoms with Gasteiger partial charge in [0.2, 0.25) is 12.5 Å². The number of benzene rings is 2. The van der Waals surface area contributed by atoms with E-state index in [1.54, 1.807) is 21.3 Å². The molecule has 4 atom stereocenters. The summed E-state index contributed by atoms with van der Waals surface area (Å²) < 4.78 is 33.4. The minimum Gasteiger partial charge on any atom is -0.493 e. The number of carbonyl (C=O) groups is 1. The molecule has 1 fully saturated rings. The maximum Gasteiger partial charge on any atom is 0.310 e. The van der Waals surface area contributed by atoms with E-state index in [0.717, 1.165) is 22.4 Å².